The Labute approximate surface area is 144 Å². The van der Waals surface area contributed by atoms with Crippen LogP contribution in [0.2, 0.25) is 0 Å². The van der Waals surface area contributed by atoms with E-state index in [9.17, 15) is 0 Å². The molecule has 0 radical (unpaired) electrons. The summed E-state index contributed by atoms with van der Waals surface area (Å²) < 4.78 is 0. The Morgan fingerprint density at radius 3 is 2.00 bits per heavy atom. The molecule has 3 aliphatic rings. The van der Waals surface area contributed by atoms with E-state index in [2.05, 4.69) is 42.4 Å². The summed E-state index contributed by atoms with van der Waals surface area (Å²) in [5.41, 5.74) is 0.690. The van der Waals surface area contributed by atoms with Crippen LogP contribution >= 0.6 is 0 Å². The fourth-order valence-corrected chi connectivity index (χ4v) is 5.26. The molecule has 0 amide bonds. The van der Waals surface area contributed by atoms with E-state index >= 15 is 0 Å². The maximum atomic E-state index is 2.78. The second kappa shape index (κ2) is 7.41. The standard InChI is InChI=1S/C20H39N3/c1-17(2)22-14-9-20(10-15-22)7-12-21(13-8-20)16-19-6-5-11-23(19)18(3)4/h17-19H,5-16H2,1-4H3. The minimum Gasteiger partial charge on any atom is -0.302 e. The Morgan fingerprint density at radius 2 is 1.43 bits per heavy atom. The average Bonchev–Trinajstić information content (AvgIpc) is 2.99. The van der Waals surface area contributed by atoms with Gasteiger partial charge in [-0.2, -0.15) is 0 Å². The van der Waals surface area contributed by atoms with Crippen LogP contribution in [0.1, 0.15) is 66.2 Å². The second-order valence-corrected chi connectivity index (χ2v) is 9.06. The quantitative estimate of drug-likeness (QED) is 0.785. The first-order valence-corrected chi connectivity index (χ1v) is 10.2. The third kappa shape index (κ3) is 4.11. The molecule has 0 bridgehead atoms. The summed E-state index contributed by atoms with van der Waals surface area (Å²) >= 11 is 0. The number of piperidine rings is 2. The van der Waals surface area contributed by atoms with E-state index < -0.39 is 0 Å². The lowest BCUT2D eigenvalue weighted by Crippen LogP contribution is -2.50. The van der Waals surface area contributed by atoms with Crippen molar-refractivity contribution >= 4 is 0 Å². The van der Waals surface area contributed by atoms with Crippen molar-refractivity contribution in [2.45, 2.75) is 84.3 Å². The van der Waals surface area contributed by atoms with E-state index in [1.807, 2.05) is 0 Å². The summed E-state index contributed by atoms with van der Waals surface area (Å²) in [6.45, 7) is 17.5. The van der Waals surface area contributed by atoms with Crippen LogP contribution in [-0.2, 0) is 0 Å². The third-order valence-corrected chi connectivity index (χ3v) is 7.06. The van der Waals surface area contributed by atoms with Crippen molar-refractivity contribution in [2.24, 2.45) is 5.41 Å². The first-order valence-electron chi connectivity index (χ1n) is 10.2. The average molecular weight is 322 g/mol. The topological polar surface area (TPSA) is 9.72 Å². The molecule has 3 heterocycles. The zero-order valence-corrected chi connectivity index (χ0v) is 16.1. The van der Waals surface area contributed by atoms with Gasteiger partial charge in [0.05, 0.1) is 0 Å². The van der Waals surface area contributed by atoms with Crippen LogP contribution < -0.4 is 0 Å². The lowest BCUT2D eigenvalue weighted by molar-refractivity contribution is 0.0174. The molecular formula is C20H39N3. The molecule has 3 nitrogen and oxygen atoms in total. The molecule has 0 aliphatic carbocycles. The van der Waals surface area contributed by atoms with Gasteiger partial charge in [0.2, 0.25) is 0 Å². The fourth-order valence-electron chi connectivity index (χ4n) is 5.26. The normalized spacial score (nSPS) is 30.8. The maximum absolute atomic E-state index is 2.78. The molecule has 1 atom stereocenters. The number of rotatable bonds is 4. The summed E-state index contributed by atoms with van der Waals surface area (Å²) in [4.78, 5) is 8.20. The predicted octanol–water partition coefficient (Wildman–Crippen LogP) is 3.45. The van der Waals surface area contributed by atoms with Gasteiger partial charge in [-0.15, -0.1) is 0 Å². The van der Waals surface area contributed by atoms with E-state index in [0.29, 0.717) is 5.41 Å². The molecule has 0 aromatic heterocycles. The van der Waals surface area contributed by atoms with Crippen LogP contribution in [0.5, 0.6) is 0 Å². The van der Waals surface area contributed by atoms with Crippen LogP contribution in [0.15, 0.2) is 0 Å². The van der Waals surface area contributed by atoms with Crippen LogP contribution in [0.25, 0.3) is 0 Å². The van der Waals surface area contributed by atoms with Crippen LogP contribution in [0, 0.1) is 5.41 Å². The minimum atomic E-state index is 0.690. The Hall–Kier alpha value is -0.120. The SMILES string of the molecule is CC(C)N1CCC2(CCN(CC3CCCN3C(C)C)CC2)CC1. The van der Waals surface area contributed by atoms with Gasteiger partial charge in [0.25, 0.3) is 0 Å². The molecule has 1 unspecified atom stereocenters. The van der Waals surface area contributed by atoms with E-state index in [1.165, 1.54) is 77.8 Å². The highest BCUT2D eigenvalue weighted by molar-refractivity contribution is 4.93. The van der Waals surface area contributed by atoms with Crippen LogP contribution in [-0.4, -0.2) is 72.1 Å². The van der Waals surface area contributed by atoms with Gasteiger partial charge in [-0.1, -0.05) is 0 Å². The molecule has 3 saturated heterocycles. The Balaban J connectivity index is 1.46. The fraction of sp³-hybridized carbons (Fsp3) is 1.00. The van der Waals surface area contributed by atoms with Crippen LogP contribution in [0.4, 0.5) is 0 Å². The zero-order chi connectivity index (χ0) is 16.4. The smallest absolute Gasteiger partial charge is 0.0226 e. The van der Waals surface area contributed by atoms with Crippen molar-refractivity contribution in [3.8, 4) is 0 Å². The van der Waals surface area contributed by atoms with Crippen molar-refractivity contribution in [1.29, 1.82) is 0 Å². The summed E-state index contributed by atoms with van der Waals surface area (Å²) in [6, 6.07) is 2.28. The second-order valence-electron chi connectivity index (χ2n) is 9.06. The van der Waals surface area contributed by atoms with Gasteiger partial charge in [-0.3, -0.25) is 4.90 Å². The van der Waals surface area contributed by atoms with E-state index in [0.717, 1.165) is 18.1 Å². The molecular weight excluding hydrogens is 282 g/mol. The molecule has 23 heavy (non-hydrogen) atoms. The molecule has 3 aliphatic heterocycles. The van der Waals surface area contributed by atoms with Gasteiger partial charge in [0.15, 0.2) is 0 Å². The molecule has 3 fully saturated rings. The highest BCUT2D eigenvalue weighted by Crippen LogP contribution is 2.41. The van der Waals surface area contributed by atoms with E-state index in [1.54, 1.807) is 0 Å². The number of hydrogen-bond donors (Lipinski definition) is 0. The van der Waals surface area contributed by atoms with Crippen molar-refractivity contribution < 1.29 is 0 Å². The molecule has 0 aromatic carbocycles. The molecule has 134 valence electrons. The summed E-state index contributed by atoms with van der Waals surface area (Å²) in [7, 11) is 0. The van der Waals surface area contributed by atoms with E-state index in [4.69, 9.17) is 0 Å². The largest absolute Gasteiger partial charge is 0.302 e. The third-order valence-electron chi connectivity index (χ3n) is 7.06. The summed E-state index contributed by atoms with van der Waals surface area (Å²) in [6.07, 6.45) is 8.62. The highest BCUT2D eigenvalue weighted by Gasteiger charge is 2.38. The van der Waals surface area contributed by atoms with Crippen molar-refractivity contribution in [3.05, 3.63) is 0 Å². The number of nitrogens with zero attached hydrogens (tertiary/aromatic N) is 3. The minimum absolute atomic E-state index is 0.690. The van der Waals surface area contributed by atoms with Crippen molar-refractivity contribution in [1.82, 2.24) is 14.7 Å². The Kier molecular flexibility index (Phi) is 5.70. The Bertz CT molecular complexity index is 361. The van der Waals surface area contributed by atoms with E-state index in [-0.39, 0.29) is 0 Å². The van der Waals surface area contributed by atoms with Crippen molar-refractivity contribution in [2.75, 3.05) is 39.3 Å². The monoisotopic (exact) mass is 321 g/mol. The number of likely N-dealkylation sites (tertiary alicyclic amines) is 3. The molecule has 0 saturated carbocycles. The van der Waals surface area contributed by atoms with Gasteiger partial charge >= 0.3 is 0 Å². The first kappa shape index (κ1) is 17.7. The Morgan fingerprint density at radius 1 is 0.826 bits per heavy atom. The highest BCUT2D eigenvalue weighted by atomic mass is 15.3. The van der Waals surface area contributed by atoms with Gasteiger partial charge in [-0.05, 0) is 104 Å². The molecule has 3 rings (SSSR count). The zero-order valence-electron chi connectivity index (χ0n) is 16.1. The maximum Gasteiger partial charge on any atom is 0.0226 e. The first-order chi connectivity index (χ1) is 11.0. The predicted molar refractivity (Wildman–Crippen MR) is 98.9 cm³/mol. The lowest BCUT2D eigenvalue weighted by Gasteiger charge is -2.48. The number of hydrogen-bond acceptors (Lipinski definition) is 3. The van der Waals surface area contributed by atoms with Crippen LogP contribution in [0.3, 0.4) is 0 Å². The summed E-state index contributed by atoms with van der Waals surface area (Å²) in [5, 5.41) is 0. The molecule has 3 heteroatoms. The molecule has 1 spiro atoms. The van der Waals surface area contributed by atoms with Gasteiger partial charge in [0.1, 0.15) is 0 Å². The molecule has 0 aromatic rings. The van der Waals surface area contributed by atoms with Gasteiger partial charge in [0, 0.05) is 24.7 Å². The van der Waals surface area contributed by atoms with Gasteiger partial charge < -0.3 is 9.80 Å². The molecule has 0 N–H and O–H groups in total. The summed E-state index contributed by atoms with van der Waals surface area (Å²) in [5.74, 6) is 0. The van der Waals surface area contributed by atoms with Gasteiger partial charge in [-0.25, -0.2) is 0 Å². The van der Waals surface area contributed by atoms with Crippen molar-refractivity contribution in [3.63, 3.8) is 0 Å². The lowest BCUT2D eigenvalue weighted by atomic mass is 9.71.